The van der Waals surface area contributed by atoms with Crippen molar-refractivity contribution in [2.75, 3.05) is 0 Å². The molecule has 1 aromatic heterocycles. The molecule has 0 radical (unpaired) electrons. The van der Waals surface area contributed by atoms with Crippen molar-refractivity contribution >= 4 is 11.6 Å². The highest BCUT2D eigenvalue weighted by molar-refractivity contribution is 6.30. The van der Waals surface area contributed by atoms with E-state index in [9.17, 15) is 0 Å². The van der Waals surface area contributed by atoms with E-state index in [0.29, 0.717) is 11.1 Å². The monoisotopic (exact) mass is 182 g/mol. The maximum atomic E-state index is 5.93. The lowest BCUT2D eigenvalue weighted by Crippen LogP contribution is -1.95. The van der Waals surface area contributed by atoms with Gasteiger partial charge < -0.3 is 0 Å². The third-order valence-electron chi connectivity index (χ3n) is 2.50. The molecule has 1 saturated carbocycles. The van der Waals surface area contributed by atoms with Crippen molar-refractivity contribution < 1.29 is 0 Å². The first-order valence-corrected chi connectivity index (χ1v) is 4.73. The molecule has 12 heavy (non-hydrogen) atoms. The molecule has 1 aromatic rings. The van der Waals surface area contributed by atoms with Gasteiger partial charge in [0, 0.05) is 6.20 Å². The minimum Gasteiger partial charge on any atom is -0.158 e. The first kappa shape index (κ1) is 7.99. The van der Waals surface area contributed by atoms with Gasteiger partial charge in [0.05, 0.1) is 0 Å². The quantitative estimate of drug-likeness (QED) is 0.668. The second-order valence-electron chi connectivity index (χ2n) is 3.26. The van der Waals surface area contributed by atoms with E-state index in [1.807, 2.05) is 6.07 Å². The predicted molar refractivity (Wildman–Crippen MR) is 48.3 cm³/mol. The maximum absolute atomic E-state index is 5.93. The Hall–Kier alpha value is -0.630. The zero-order valence-corrected chi connectivity index (χ0v) is 7.59. The van der Waals surface area contributed by atoms with Gasteiger partial charge in [-0.05, 0) is 30.4 Å². The number of hydrogen-bond donors (Lipinski definition) is 0. The molecular weight excluding hydrogens is 172 g/mol. The Kier molecular flexibility index (Phi) is 2.26. The fraction of sp³-hybridized carbons (Fsp3) is 0.556. The molecule has 0 atom stereocenters. The van der Waals surface area contributed by atoms with Crippen molar-refractivity contribution in [2.45, 2.75) is 31.6 Å². The number of rotatable bonds is 1. The largest absolute Gasteiger partial charge is 0.158 e. The Balaban J connectivity index is 2.26. The Labute approximate surface area is 77.0 Å². The summed E-state index contributed by atoms with van der Waals surface area (Å²) in [6, 6.07) is 1.99. The van der Waals surface area contributed by atoms with Crippen molar-refractivity contribution in [1.82, 2.24) is 10.2 Å². The van der Waals surface area contributed by atoms with Gasteiger partial charge in [0.25, 0.3) is 0 Å². The van der Waals surface area contributed by atoms with Crippen molar-refractivity contribution in [1.29, 1.82) is 0 Å². The van der Waals surface area contributed by atoms with Crippen LogP contribution in [0, 0.1) is 0 Å². The molecule has 1 aliphatic rings. The normalized spacial score (nSPS) is 18.4. The van der Waals surface area contributed by atoms with Gasteiger partial charge in [0.15, 0.2) is 5.15 Å². The summed E-state index contributed by atoms with van der Waals surface area (Å²) in [5.74, 6) is 0.632. The molecule has 0 aliphatic heterocycles. The van der Waals surface area contributed by atoms with Gasteiger partial charge in [-0.2, -0.15) is 5.10 Å². The van der Waals surface area contributed by atoms with E-state index in [2.05, 4.69) is 10.2 Å². The molecule has 0 saturated heterocycles. The molecule has 1 aliphatic carbocycles. The molecule has 1 heterocycles. The number of halogens is 1. The number of aromatic nitrogens is 2. The smallest absolute Gasteiger partial charge is 0.155 e. The Bertz CT molecular complexity index is 269. The van der Waals surface area contributed by atoms with Crippen LogP contribution in [0.25, 0.3) is 0 Å². The van der Waals surface area contributed by atoms with E-state index in [1.54, 1.807) is 6.20 Å². The first-order chi connectivity index (χ1) is 5.88. The lowest BCUT2D eigenvalue weighted by molar-refractivity contribution is 0.714. The van der Waals surface area contributed by atoms with Crippen LogP contribution in [0.15, 0.2) is 12.3 Å². The van der Waals surface area contributed by atoms with Crippen LogP contribution in [-0.4, -0.2) is 10.2 Å². The molecule has 0 amide bonds. The van der Waals surface area contributed by atoms with Gasteiger partial charge in [0.2, 0.25) is 0 Å². The third-order valence-corrected chi connectivity index (χ3v) is 2.79. The lowest BCUT2D eigenvalue weighted by atomic mass is 10.0. The second kappa shape index (κ2) is 3.40. The summed E-state index contributed by atoms with van der Waals surface area (Å²) in [4.78, 5) is 0. The second-order valence-corrected chi connectivity index (χ2v) is 3.62. The molecule has 0 N–H and O–H groups in total. The van der Waals surface area contributed by atoms with E-state index in [1.165, 1.54) is 31.2 Å². The molecule has 0 spiro atoms. The van der Waals surface area contributed by atoms with Crippen LogP contribution < -0.4 is 0 Å². The van der Waals surface area contributed by atoms with E-state index in [4.69, 9.17) is 11.6 Å². The van der Waals surface area contributed by atoms with Crippen molar-refractivity contribution in [2.24, 2.45) is 0 Å². The van der Waals surface area contributed by atoms with Crippen molar-refractivity contribution in [3.8, 4) is 0 Å². The van der Waals surface area contributed by atoms with Crippen LogP contribution in [0.4, 0.5) is 0 Å². The van der Waals surface area contributed by atoms with Crippen LogP contribution in [0.1, 0.15) is 37.2 Å². The SMILES string of the molecule is Clc1nnccc1C1CCCC1. The standard InChI is InChI=1S/C9H11ClN2/c10-9-8(5-6-11-12-9)7-3-1-2-4-7/h5-7H,1-4H2. The summed E-state index contributed by atoms with van der Waals surface area (Å²) in [5.41, 5.74) is 1.18. The molecule has 0 bridgehead atoms. The first-order valence-electron chi connectivity index (χ1n) is 4.35. The van der Waals surface area contributed by atoms with Crippen LogP contribution >= 0.6 is 11.6 Å². The molecule has 64 valence electrons. The van der Waals surface area contributed by atoms with Crippen molar-refractivity contribution in [3.05, 3.63) is 23.0 Å². The van der Waals surface area contributed by atoms with Gasteiger partial charge in [-0.25, -0.2) is 0 Å². The maximum Gasteiger partial charge on any atom is 0.155 e. The summed E-state index contributed by atoms with van der Waals surface area (Å²) in [7, 11) is 0. The summed E-state index contributed by atoms with van der Waals surface area (Å²) in [6.07, 6.45) is 6.88. The van der Waals surface area contributed by atoms with Crippen LogP contribution in [0.5, 0.6) is 0 Å². The van der Waals surface area contributed by atoms with Crippen LogP contribution in [0.2, 0.25) is 5.15 Å². The lowest BCUT2D eigenvalue weighted by Gasteiger charge is -2.08. The molecule has 2 nitrogen and oxygen atoms in total. The van der Waals surface area contributed by atoms with Crippen LogP contribution in [0.3, 0.4) is 0 Å². The topological polar surface area (TPSA) is 25.8 Å². The molecule has 3 heteroatoms. The van der Waals surface area contributed by atoms with E-state index < -0.39 is 0 Å². The Morgan fingerprint density at radius 3 is 2.75 bits per heavy atom. The zero-order chi connectivity index (χ0) is 8.39. The van der Waals surface area contributed by atoms with Crippen LogP contribution in [-0.2, 0) is 0 Å². The number of hydrogen-bond acceptors (Lipinski definition) is 2. The Morgan fingerprint density at radius 1 is 1.33 bits per heavy atom. The molecule has 0 aromatic carbocycles. The highest BCUT2D eigenvalue weighted by Crippen LogP contribution is 2.36. The van der Waals surface area contributed by atoms with E-state index in [0.717, 1.165) is 0 Å². The van der Waals surface area contributed by atoms with Gasteiger partial charge in [-0.1, -0.05) is 24.4 Å². The summed E-state index contributed by atoms with van der Waals surface area (Å²) in [5, 5.41) is 8.16. The molecule has 0 unspecified atom stereocenters. The van der Waals surface area contributed by atoms with E-state index >= 15 is 0 Å². The molecular formula is C9H11ClN2. The highest BCUT2D eigenvalue weighted by Gasteiger charge is 2.19. The van der Waals surface area contributed by atoms with Crippen molar-refractivity contribution in [3.63, 3.8) is 0 Å². The number of nitrogens with zero attached hydrogens (tertiary/aromatic N) is 2. The predicted octanol–water partition coefficient (Wildman–Crippen LogP) is 2.79. The Morgan fingerprint density at radius 2 is 2.08 bits per heavy atom. The average molecular weight is 183 g/mol. The van der Waals surface area contributed by atoms with Gasteiger partial charge in [-0.3, -0.25) is 0 Å². The summed E-state index contributed by atoms with van der Waals surface area (Å²) in [6.45, 7) is 0. The van der Waals surface area contributed by atoms with Gasteiger partial charge in [-0.15, -0.1) is 5.10 Å². The minimum atomic E-state index is 0.587. The summed E-state index contributed by atoms with van der Waals surface area (Å²) < 4.78 is 0. The zero-order valence-electron chi connectivity index (χ0n) is 6.83. The average Bonchev–Trinajstić information content (AvgIpc) is 2.57. The molecule has 2 rings (SSSR count). The van der Waals surface area contributed by atoms with Gasteiger partial charge >= 0.3 is 0 Å². The molecule has 1 fully saturated rings. The summed E-state index contributed by atoms with van der Waals surface area (Å²) >= 11 is 5.93. The van der Waals surface area contributed by atoms with Gasteiger partial charge in [0.1, 0.15) is 0 Å². The fourth-order valence-corrected chi connectivity index (χ4v) is 2.13. The third kappa shape index (κ3) is 1.44. The highest BCUT2D eigenvalue weighted by atomic mass is 35.5. The fourth-order valence-electron chi connectivity index (χ4n) is 1.87. The van der Waals surface area contributed by atoms with E-state index in [-0.39, 0.29) is 0 Å². The minimum absolute atomic E-state index is 0.587.